The molecule has 0 aliphatic carbocycles. The molecule has 1 fully saturated rings. The zero-order chi connectivity index (χ0) is 15.3. The number of carbonyl (C=O) groups is 1. The normalized spacial score (nSPS) is 31.1. The van der Waals surface area contributed by atoms with E-state index in [1.807, 2.05) is 6.92 Å². The third kappa shape index (κ3) is 4.94. The Kier molecular flexibility index (Phi) is 6.26. The molecule has 0 aromatic heterocycles. The molecular weight excluding hydrogens is 277 g/mol. The average molecular weight is 298 g/mol. The molecule has 0 amide bonds. The van der Waals surface area contributed by atoms with E-state index >= 15 is 0 Å². The van der Waals surface area contributed by atoms with Crippen LogP contribution >= 0.6 is 0 Å². The van der Waals surface area contributed by atoms with Crippen molar-refractivity contribution in [1.82, 2.24) is 0 Å². The molecule has 20 heavy (non-hydrogen) atoms. The molecule has 1 aliphatic heterocycles. The zero-order valence-electron chi connectivity index (χ0n) is 11.7. The second-order valence-electron chi connectivity index (χ2n) is 5.19. The molecular formula is C13H21F3O4. The van der Waals surface area contributed by atoms with Gasteiger partial charge in [0.05, 0.1) is 6.10 Å². The quantitative estimate of drug-likeness (QED) is 0.626. The smallest absolute Gasteiger partial charge is 0.417 e. The summed E-state index contributed by atoms with van der Waals surface area (Å²) in [5.41, 5.74) is 0. The number of aliphatic hydroxyl groups is 1. The van der Waals surface area contributed by atoms with Crippen LogP contribution in [0.25, 0.3) is 0 Å². The summed E-state index contributed by atoms with van der Waals surface area (Å²) >= 11 is 0. The first-order chi connectivity index (χ1) is 9.25. The first-order valence-electron chi connectivity index (χ1n) is 6.85. The number of halogens is 3. The number of rotatable bonds is 5. The van der Waals surface area contributed by atoms with Gasteiger partial charge in [0.1, 0.15) is 0 Å². The van der Waals surface area contributed by atoms with Crippen molar-refractivity contribution in [2.75, 3.05) is 0 Å². The number of esters is 1. The van der Waals surface area contributed by atoms with Gasteiger partial charge in [-0.05, 0) is 12.8 Å². The molecule has 0 saturated carbocycles. The van der Waals surface area contributed by atoms with Crippen molar-refractivity contribution in [3.8, 4) is 0 Å². The Hall–Kier alpha value is -0.820. The number of ether oxygens (including phenoxy) is 2. The summed E-state index contributed by atoms with van der Waals surface area (Å²) in [6, 6.07) is 0. The van der Waals surface area contributed by atoms with Crippen molar-refractivity contribution in [2.45, 2.75) is 70.6 Å². The Balaban J connectivity index is 2.54. The predicted octanol–water partition coefficient (Wildman–Crippen LogP) is 2.78. The van der Waals surface area contributed by atoms with Crippen LogP contribution in [0.2, 0.25) is 0 Å². The summed E-state index contributed by atoms with van der Waals surface area (Å²) < 4.78 is 47.6. The number of hydrogen-bond acceptors (Lipinski definition) is 4. The van der Waals surface area contributed by atoms with E-state index in [0.717, 1.165) is 12.8 Å². The summed E-state index contributed by atoms with van der Waals surface area (Å²) in [5.74, 6) is -1.04. The van der Waals surface area contributed by atoms with Crippen molar-refractivity contribution in [2.24, 2.45) is 5.92 Å². The molecule has 4 nitrogen and oxygen atoms in total. The Morgan fingerprint density at radius 3 is 2.60 bits per heavy atom. The van der Waals surface area contributed by atoms with Crippen LogP contribution in [0.5, 0.6) is 0 Å². The van der Waals surface area contributed by atoms with Gasteiger partial charge in [-0.25, -0.2) is 0 Å². The lowest BCUT2D eigenvalue weighted by Gasteiger charge is -2.38. The van der Waals surface area contributed by atoms with Gasteiger partial charge in [-0.2, -0.15) is 13.2 Å². The minimum Gasteiger partial charge on any atom is -0.435 e. The van der Waals surface area contributed by atoms with Gasteiger partial charge in [0, 0.05) is 12.3 Å². The minimum atomic E-state index is -4.67. The first-order valence-corrected chi connectivity index (χ1v) is 6.85. The fourth-order valence-electron chi connectivity index (χ4n) is 2.13. The van der Waals surface area contributed by atoms with E-state index in [9.17, 15) is 23.1 Å². The van der Waals surface area contributed by atoms with Gasteiger partial charge in [0.2, 0.25) is 6.29 Å². The van der Waals surface area contributed by atoms with Crippen molar-refractivity contribution in [1.29, 1.82) is 0 Å². The second kappa shape index (κ2) is 7.26. The van der Waals surface area contributed by atoms with Crippen molar-refractivity contribution in [3.63, 3.8) is 0 Å². The van der Waals surface area contributed by atoms with Crippen LogP contribution in [0.4, 0.5) is 13.2 Å². The summed E-state index contributed by atoms with van der Waals surface area (Å²) in [6.07, 6.45) is -7.36. The van der Waals surface area contributed by atoms with Crippen LogP contribution in [-0.4, -0.2) is 35.8 Å². The molecule has 4 atom stereocenters. The van der Waals surface area contributed by atoms with Gasteiger partial charge in [-0.15, -0.1) is 0 Å². The third-order valence-electron chi connectivity index (χ3n) is 3.26. The highest BCUT2D eigenvalue weighted by Gasteiger charge is 2.51. The van der Waals surface area contributed by atoms with Crippen LogP contribution in [0.15, 0.2) is 0 Å². The van der Waals surface area contributed by atoms with E-state index in [2.05, 4.69) is 0 Å². The molecule has 1 aliphatic rings. The second-order valence-corrected chi connectivity index (χ2v) is 5.19. The summed E-state index contributed by atoms with van der Waals surface area (Å²) in [7, 11) is 0. The van der Waals surface area contributed by atoms with Gasteiger partial charge in [-0.1, -0.05) is 26.7 Å². The van der Waals surface area contributed by atoms with E-state index in [-0.39, 0.29) is 12.8 Å². The van der Waals surface area contributed by atoms with E-state index in [1.165, 1.54) is 0 Å². The molecule has 7 heteroatoms. The van der Waals surface area contributed by atoms with Crippen LogP contribution in [0.1, 0.15) is 46.0 Å². The van der Waals surface area contributed by atoms with Gasteiger partial charge >= 0.3 is 12.1 Å². The molecule has 0 spiro atoms. The van der Waals surface area contributed by atoms with Crippen molar-refractivity contribution in [3.05, 3.63) is 0 Å². The maximum atomic E-state index is 12.7. The fourth-order valence-corrected chi connectivity index (χ4v) is 2.13. The lowest BCUT2D eigenvalue weighted by atomic mass is 9.95. The summed E-state index contributed by atoms with van der Waals surface area (Å²) in [4.78, 5) is 11.5. The molecule has 1 saturated heterocycles. The fraction of sp³-hybridized carbons (Fsp3) is 0.923. The maximum absolute atomic E-state index is 12.7. The van der Waals surface area contributed by atoms with E-state index < -0.39 is 36.6 Å². The molecule has 1 rings (SSSR count). The predicted molar refractivity (Wildman–Crippen MR) is 64.7 cm³/mol. The van der Waals surface area contributed by atoms with E-state index in [0.29, 0.717) is 6.42 Å². The Morgan fingerprint density at radius 1 is 1.40 bits per heavy atom. The zero-order valence-corrected chi connectivity index (χ0v) is 11.7. The van der Waals surface area contributed by atoms with Gasteiger partial charge in [-0.3, -0.25) is 4.79 Å². The standard InChI is InChI=1S/C13H21F3O4/c1-3-4-5-6-10(18)19-12-8(2)7-9(17)11(20-12)13(14,15)16/h8-9,11-12,17H,3-7H2,1-2H3/t8-,9+,11+,12-/m1/s1. The largest absolute Gasteiger partial charge is 0.435 e. The maximum Gasteiger partial charge on any atom is 0.417 e. The number of hydrogen-bond donors (Lipinski definition) is 1. The minimum absolute atomic E-state index is 0.114. The van der Waals surface area contributed by atoms with Gasteiger partial charge in [0.15, 0.2) is 6.10 Å². The summed E-state index contributed by atoms with van der Waals surface area (Å²) in [6.45, 7) is 3.56. The average Bonchev–Trinajstić information content (AvgIpc) is 2.31. The third-order valence-corrected chi connectivity index (χ3v) is 3.26. The molecule has 0 unspecified atom stereocenters. The SMILES string of the molecule is CCCCCC(=O)O[C@@H]1O[C@H](C(F)(F)F)[C@@H](O)C[C@H]1C. The Morgan fingerprint density at radius 2 is 2.05 bits per heavy atom. The molecule has 118 valence electrons. The lowest BCUT2D eigenvalue weighted by molar-refractivity contribution is -0.317. The van der Waals surface area contributed by atoms with Crippen LogP contribution < -0.4 is 0 Å². The number of aliphatic hydroxyl groups excluding tert-OH is 1. The highest BCUT2D eigenvalue weighted by molar-refractivity contribution is 5.69. The highest BCUT2D eigenvalue weighted by atomic mass is 19.4. The highest BCUT2D eigenvalue weighted by Crippen LogP contribution is 2.35. The summed E-state index contributed by atoms with van der Waals surface area (Å²) in [5, 5.41) is 9.41. The van der Waals surface area contributed by atoms with Crippen molar-refractivity contribution < 1.29 is 32.5 Å². The number of unbranched alkanes of at least 4 members (excludes halogenated alkanes) is 2. The molecule has 0 aromatic carbocycles. The van der Waals surface area contributed by atoms with Crippen molar-refractivity contribution >= 4 is 5.97 Å². The number of alkyl halides is 3. The first kappa shape index (κ1) is 17.2. The lowest BCUT2D eigenvalue weighted by Crippen LogP contribution is -2.52. The monoisotopic (exact) mass is 298 g/mol. The van der Waals surface area contributed by atoms with E-state index in [1.54, 1.807) is 6.92 Å². The molecule has 0 aromatic rings. The molecule has 1 N–H and O–H groups in total. The molecule has 0 bridgehead atoms. The molecule has 1 heterocycles. The van der Waals surface area contributed by atoms with E-state index in [4.69, 9.17) is 9.47 Å². The van der Waals surface area contributed by atoms with Crippen LogP contribution in [0, 0.1) is 5.92 Å². The number of carbonyl (C=O) groups excluding carboxylic acids is 1. The topological polar surface area (TPSA) is 55.8 Å². The Bertz CT molecular complexity index is 319. The van der Waals surface area contributed by atoms with Crippen LogP contribution in [-0.2, 0) is 14.3 Å². The van der Waals surface area contributed by atoms with Gasteiger partial charge in [0.25, 0.3) is 0 Å². The Labute approximate surface area is 116 Å². The van der Waals surface area contributed by atoms with Crippen LogP contribution in [0.3, 0.4) is 0 Å². The van der Waals surface area contributed by atoms with Gasteiger partial charge < -0.3 is 14.6 Å². The molecule has 0 radical (unpaired) electrons.